The van der Waals surface area contributed by atoms with Crippen LogP contribution in [0.3, 0.4) is 0 Å². The Balaban J connectivity index is 1.90. The number of carbonyl (C=O) groups excluding carboxylic acids is 1. The van der Waals surface area contributed by atoms with E-state index >= 15 is 0 Å². The molecule has 0 aliphatic carbocycles. The Hall–Kier alpha value is -3.46. The van der Waals surface area contributed by atoms with E-state index in [0.29, 0.717) is 17.0 Å². The molecule has 0 aliphatic rings. The van der Waals surface area contributed by atoms with Gasteiger partial charge in [0.25, 0.3) is 15.9 Å². The largest absolute Gasteiger partial charge is 0.497 e. The summed E-state index contributed by atoms with van der Waals surface area (Å²) in [5.74, 6) is -2.19. The number of sulfonamides is 1. The first kappa shape index (κ1) is 22.2. The standard InChI is InChI=1S/C22H20F2N2O4S/c1-14-4-5-15(22(27)25-16-6-11-19(23)20(24)13-16)12-21(14)26(2)31(28,29)18-9-7-17(30-3)8-10-18/h4-13H,1-3H3,(H,25,27). The van der Waals surface area contributed by atoms with Crippen LogP contribution in [0, 0.1) is 18.6 Å². The molecule has 162 valence electrons. The molecule has 0 fully saturated rings. The molecule has 31 heavy (non-hydrogen) atoms. The molecule has 0 bridgehead atoms. The summed E-state index contributed by atoms with van der Waals surface area (Å²) in [6.07, 6.45) is 0. The molecule has 1 amide bonds. The Labute approximate surface area is 179 Å². The van der Waals surface area contributed by atoms with E-state index in [9.17, 15) is 22.0 Å². The second-order valence-electron chi connectivity index (χ2n) is 6.73. The molecule has 0 radical (unpaired) electrons. The maximum absolute atomic E-state index is 13.4. The van der Waals surface area contributed by atoms with E-state index in [1.165, 1.54) is 44.5 Å². The molecule has 3 aromatic carbocycles. The van der Waals surface area contributed by atoms with Crippen LogP contribution in [-0.4, -0.2) is 28.5 Å². The van der Waals surface area contributed by atoms with Crippen molar-refractivity contribution in [2.75, 3.05) is 23.8 Å². The van der Waals surface area contributed by atoms with Crippen molar-refractivity contribution in [2.24, 2.45) is 0 Å². The summed E-state index contributed by atoms with van der Waals surface area (Å²) >= 11 is 0. The minimum atomic E-state index is -3.90. The van der Waals surface area contributed by atoms with Crippen LogP contribution in [0.25, 0.3) is 0 Å². The summed E-state index contributed by atoms with van der Waals surface area (Å²) in [5.41, 5.74) is 1.16. The summed E-state index contributed by atoms with van der Waals surface area (Å²) in [6, 6.07) is 13.5. The molecule has 0 spiro atoms. The van der Waals surface area contributed by atoms with E-state index in [0.717, 1.165) is 16.4 Å². The zero-order valence-corrected chi connectivity index (χ0v) is 17.8. The van der Waals surface area contributed by atoms with Gasteiger partial charge in [-0.1, -0.05) is 6.07 Å². The number of aryl methyl sites for hydroxylation is 1. The molecule has 6 nitrogen and oxygen atoms in total. The molecule has 0 heterocycles. The average Bonchev–Trinajstić information content (AvgIpc) is 2.76. The topological polar surface area (TPSA) is 75.7 Å². The zero-order chi connectivity index (χ0) is 22.8. The number of methoxy groups -OCH3 is 1. The molecule has 0 aromatic heterocycles. The number of hydrogen-bond donors (Lipinski definition) is 1. The van der Waals surface area contributed by atoms with Gasteiger partial charge in [0.15, 0.2) is 11.6 Å². The van der Waals surface area contributed by atoms with Crippen molar-refractivity contribution in [3.63, 3.8) is 0 Å². The van der Waals surface area contributed by atoms with Crippen molar-refractivity contribution >= 4 is 27.3 Å². The van der Waals surface area contributed by atoms with E-state index in [-0.39, 0.29) is 16.1 Å². The number of amides is 1. The minimum Gasteiger partial charge on any atom is -0.497 e. The molecule has 0 atom stereocenters. The van der Waals surface area contributed by atoms with Crippen LogP contribution < -0.4 is 14.4 Å². The fourth-order valence-corrected chi connectivity index (χ4v) is 4.15. The lowest BCUT2D eigenvalue weighted by molar-refractivity contribution is 0.102. The predicted molar refractivity (Wildman–Crippen MR) is 114 cm³/mol. The second-order valence-corrected chi connectivity index (χ2v) is 8.70. The summed E-state index contributed by atoms with van der Waals surface area (Å²) in [6.45, 7) is 1.71. The van der Waals surface area contributed by atoms with Crippen molar-refractivity contribution in [1.29, 1.82) is 0 Å². The lowest BCUT2D eigenvalue weighted by Gasteiger charge is -2.22. The number of nitrogens with one attached hydrogen (secondary N) is 1. The van der Waals surface area contributed by atoms with Gasteiger partial charge in [0.1, 0.15) is 5.75 Å². The van der Waals surface area contributed by atoms with E-state index in [4.69, 9.17) is 4.74 Å². The van der Waals surface area contributed by atoms with Crippen LogP contribution in [0.15, 0.2) is 65.6 Å². The quantitative estimate of drug-likeness (QED) is 0.611. The van der Waals surface area contributed by atoms with Gasteiger partial charge < -0.3 is 10.1 Å². The van der Waals surface area contributed by atoms with Crippen molar-refractivity contribution < 1.29 is 26.7 Å². The van der Waals surface area contributed by atoms with Gasteiger partial charge in [-0.3, -0.25) is 9.10 Å². The summed E-state index contributed by atoms with van der Waals surface area (Å²) in [5, 5.41) is 2.47. The smallest absolute Gasteiger partial charge is 0.264 e. The molecule has 0 aliphatic heterocycles. The molecule has 0 saturated carbocycles. The van der Waals surface area contributed by atoms with Crippen LogP contribution in [-0.2, 0) is 10.0 Å². The fraction of sp³-hybridized carbons (Fsp3) is 0.136. The van der Waals surface area contributed by atoms with Crippen LogP contribution in [0.4, 0.5) is 20.2 Å². The van der Waals surface area contributed by atoms with E-state index < -0.39 is 27.6 Å². The first-order valence-electron chi connectivity index (χ1n) is 9.13. The highest BCUT2D eigenvalue weighted by atomic mass is 32.2. The minimum absolute atomic E-state index is 0.0619. The van der Waals surface area contributed by atoms with E-state index in [1.807, 2.05) is 0 Å². The monoisotopic (exact) mass is 446 g/mol. The van der Waals surface area contributed by atoms with Crippen molar-refractivity contribution in [3.05, 3.63) is 83.4 Å². The predicted octanol–water partition coefficient (Wildman–Crippen LogP) is 4.36. The number of rotatable bonds is 6. The van der Waals surface area contributed by atoms with Gasteiger partial charge in [0.2, 0.25) is 0 Å². The van der Waals surface area contributed by atoms with Gasteiger partial charge in [-0.2, -0.15) is 0 Å². The number of ether oxygens (including phenoxy) is 1. The van der Waals surface area contributed by atoms with Gasteiger partial charge in [0.05, 0.1) is 17.7 Å². The fourth-order valence-electron chi connectivity index (χ4n) is 2.90. The summed E-state index contributed by atoms with van der Waals surface area (Å²) < 4.78 is 58.7. The first-order valence-corrected chi connectivity index (χ1v) is 10.6. The van der Waals surface area contributed by atoms with Crippen molar-refractivity contribution in [1.82, 2.24) is 0 Å². The number of halogens is 2. The molecule has 0 saturated heterocycles. The average molecular weight is 446 g/mol. The summed E-state index contributed by atoms with van der Waals surface area (Å²) in [4.78, 5) is 12.6. The van der Waals surface area contributed by atoms with Crippen LogP contribution >= 0.6 is 0 Å². The van der Waals surface area contributed by atoms with Crippen molar-refractivity contribution in [2.45, 2.75) is 11.8 Å². The van der Waals surface area contributed by atoms with Gasteiger partial charge in [0, 0.05) is 24.4 Å². The third-order valence-electron chi connectivity index (χ3n) is 4.71. The van der Waals surface area contributed by atoms with Crippen molar-refractivity contribution in [3.8, 4) is 5.75 Å². The Morgan fingerprint density at radius 1 is 0.968 bits per heavy atom. The van der Waals surface area contributed by atoms with Crippen LogP contribution in [0.5, 0.6) is 5.75 Å². The maximum Gasteiger partial charge on any atom is 0.264 e. The normalized spacial score (nSPS) is 11.1. The highest BCUT2D eigenvalue weighted by molar-refractivity contribution is 7.92. The number of hydrogen-bond acceptors (Lipinski definition) is 4. The van der Waals surface area contributed by atoms with E-state index in [1.54, 1.807) is 25.1 Å². The molecule has 9 heteroatoms. The number of carbonyl (C=O) groups is 1. The Morgan fingerprint density at radius 2 is 1.65 bits per heavy atom. The van der Waals surface area contributed by atoms with Gasteiger partial charge in [-0.25, -0.2) is 17.2 Å². The van der Waals surface area contributed by atoms with E-state index in [2.05, 4.69) is 5.32 Å². The molecule has 0 unspecified atom stereocenters. The molecule has 3 rings (SSSR count). The highest BCUT2D eigenvalue weighted by Gasteiger charge is 2.23. The van der Waals surface area contributed by atoms with Gasteiger partial charge in [-0.05, 0) is 61.0 Å². The summed E-state index contributed by atoms with van der Waals surface area (Å²) in [7, 11) is -1.03. The molecule has 3 aromatic rings. The Morgan fingerprint density at radius 3 is 2.26 bits per heavy atom. The lowest BCUT2D eigenvalue weighted by atomic mass is 10.1. The Bertz CT molecular complexity index is 1230. The molecule has 1 N–H and O–H groups in total. The highest BCUT2D eigenvalue weighted by Crippen LogP contribution is 2.28. The SMILES string of the molecule is COc1ccc(S(=O)(=O)N(C)c2cc(C(=O)Nc3ccc(F)c(F)c3)ccc2C)cc1. The molecular formula is C22H20F2N2O4S. The third-order valence-corrected chi connectivity index (χ3v) is 6.49. The number of benzene rings is 3. The zero-order valence-electron chi connectivity index (χ0n) is 17.0. The Kier molecular flexibility index (Phi) is 6.26. The lowest BCUT2D eigenvalue weighted by Crippen LogP contribution is -2.27. The van der Waals surface area contributed by atoms with Gasteiger partial charge >= 0.3 is 0 Å². The molecular weight excluding hydrogens is 426 g/mol. The van der Waals surface area contributed by atoms with Crippen LogP contribution in [0.2, 0.25) is 0 Å². The number of nitrogens with zero attached hydrogens (tertiary/aromatic N) is 1. The maximum atomic E-state index is 13.4. The third kappa shape index (κ3) is 4.66. The second kappa shape index (κ2) is 8.73. The first-order chi connectivity index (χ1) is 14.6. The number of anilines is 2. The van der Waals surface area contributed by atoms with Gasteiger partial charge in [-0.15, -0.1) is 0 Å². The van der Waals surface area contributed by atoms with Crippen LogP contribution in [0.1, 0.15) is 15.9 Å².